The number of aromatic nitrogens is 1. The van der Waals surface area contributed by atoms with Crippen molar-refractivity contribution in [3.05, 3.63) is 42.5 Å². The van der Waals surface area contributed by atoms with E-state index in [2.05, 4.69) is 5.16 Å². The highest BCUT2D eigenvalue weighted by atomic mass is 16.5. The molecule has 3 aromatic rings. The van der Waals surface area contributed by atoms with Gasteiger partial charge in [0.25, 0.3) is 0 Å². The van der Waals surface area contributed by atoms with Gasteiger partial charge >= 0.3 is 0 Å². The minimum Gasteiger partial charge on any atom is -0.507 e. The van der Waals surface area contributed by atoms with E-state index in [9.17, 15) is 10.2 Å². The summed E-state index contributed by atoms with van der Waals surface area (Å²) < 4.78 is 5.12. The standard InChI is InChI=1S/C13H9NO3/c15-9-5-2-1-4-8(9)13-12-10(16)6-3-7-11(12)17-14-13/h1-7,15-16H. The Morgan fingerprint density at radius 1 is 0.882 bits per heavy atom. The van der Waals surface area contributed by atoms with Crippen LogP contribution in [0.15, 0.2) is 47.0 Å². The smallest absolute Gasteiger partial charge is 0.171 e. The zero-order valence-corrected chi connectivity index (χ0v) is 8.79. The second-order valence-corrected chi connectivity index (χ2v) is 3.70. The monoisotopic (exact) mass is 227 g/mol. The molecular formula is C13H9NO3. The van der Waals surface area contributed by atoms with Crippen LogP contribution in [0, 0.1) is 0 Å². The van der Waals surface area contributed by atoms with Crippen LogP contribution >= 0.6 is 0 Å². The molecule has 0 aliphatic heterocycles. The molecule has 84 valence electrons. The van der Waals surface area contributed by atoms with Gasteiger partial charge in [-0.05, 0) is 24.3 Å². The number of hydrogen-bond donors (Lipinski definition) is 2. The summed E-state index contributed by atoms with van der Waals surface area (Å²) in [5.74, 6) is 0.188. The predicted molar refractivity (Wildman–Crippen MR) is 62.8 cm³/mol. The molecule has 0 bridgehead atoms. The van der Waals surface area contributed by atoms with Crippen molar-refractivity contribution in [3.8, 4) is 22.8 Å². The maximum absolute atomic E-state index is 9.81. The number of benzene rings is 2. The third-order valence-corrected chi connectivity index (χ3v) is 2.64. The van der Waals surface area contributed by atoms with Gasteiger partial charge in [0.2, 0.25) is 0 Å². The largest absolute Gasteiger partial charge is 0.507 e. The van der Waals surface area contributed by atoms with E-state index in [-0.39, 0.29) is 11.5 Å². The van der Waals surface area contributed by atoms with Gasteiger partial charge in [-0.2, -0.15) is 0 Å². The maximum atomic E-state index is 9.81. The Labute approximate surface area is 96.7 Å². The Hall–Kier alpha value is -2.49. The Morgan fingerprint density at radius 3 is 2.47 bits per heavy atom. The Balaban J connectivity index is 2.36. The van der Waals surface area contributed by atoms with Crippen LogP contribution < -0.4 is 0 Å². The molecule has 0 aliphatic rings. The Bertz CT molecular complexity index is 688. The summed E-state index contributed by atoms with van der Waals surface area (Å²) in [6.07, 6.45) is 0. The van der Waals surface area contributed by atoms with Crippen LogP contribution in [0.3, 0.4) is 0 Å². The van der Waals surface area contributed by atoms with Crippen molar-refractivity contribution in [1.82, 2.24) is 5.16 Å². The Kier molecular flexibility index (Phi) is 2.01. The van der Waals surface area contributed by atoms with Crippen LogP contribution in [0.4, 0.5) is 0 Å². The summed E-state index contributed by atoms with van der Waals surface area (Å²) in [5, 5.41) is 24.0. The molecule has 0 saturated carbocycles. The lowest BCUT2D eigenvalue weighted by Gasteiger charge is -2.00. The number of hydrogen-bond acceptors (Lipinski definition) is 4. The number of para-hydroxylation sites is 1. The van der Waals surface area contributed by atoms with Crippen LogP contribution in [0.1, 0.15) is 0 Å². The van der Waals surface area contributed by atoms with Crippen LogP contribution in [-0.2, 0) is 0 Å². The number of aromatic hydroxyl groups is 2. The lowest BCUT2D eigenvalue weighted by molar-refractivity contribution is 0.454. The molecule has 4 nitrogen and oxygen atoms in total. The molecular weight excluding hydrogens is 218 g/mol. The molecule has 0 radical (unpaired) electrons. The quantitative estimate of drug-likeness (QED) is 0.670. The average Bonchev–Trinajstić information content (AvgIpc) is 2.75. The lowest BCUT2D eigenvalue weighted by atomic mass is 10.1. The summed E-state index contributed by atoms with van der Waals surface area (Å²) >= 11 is 0. The second-order valence-electron chi connectivity index (χ2n) is 3.70. The predicted octanol–water partition coefficient (Wildman–Crippen LogP) is 2.91. The molecule has 1 heterocycles. The fraction of sp³-hybridized carbons (Fsp3) is 0. The first-order chi connectivity index (χ1) is 8.27. The molecule has 1 aromatic heterocycles. The van der Waals surface area contributed by atoms with Crippen molar-refractivity contribution < 1.29 is 14.7 Å². The van der Waals surface area contributed by atoms with Gasteiger partial charge in [0.05, 0.1) is 5.39 Å². The Morgan fingerprint density at radius 2 is 1.65 bits per heavy atom. The summed E-state index contributed by atoms with van der Waals surface area (Å²) in [5.41, 5.74) is 1.47. The number of nitrogens with zero attached hydrogens (tertiary/aromatic N) is 1. The van der Waals surface area contributed by atoms with Crippen LogP contribution in [-0.4, -0.2) is 15.4 Å². The normalized spacial score (nSPS) is 10.8. The first-order valence-corrected chi connectivity index (χ1v) is 5.13. The van der Waals surface area contributed by atoms with Gasteiger partial charge in [0.15, 0.2) is 5.58 Å². The van der Waals surface area contributed by atoms with Gasteiger partial charge in [0, 0.05) is 5.56 Å². The summed E-state index contributed by atoms with van der Waals surface area (Å²) in [4.78, 5) is 0. The summed E-state index contributed by atoms with van der Waals surface area (Å²) in [6, 6.07) is 11.7. The summed E-state index contributed by atoms with van der Waals surface area (Å²) in [7, 11) is 0. The van der Waals surface area contributed by atoms with Crippen molar-refractivity contribution in [2.75, 3.05) is 0 Å². The van der Waals surface area contributed by atoms with Crippen molar-refractivity contribution >= 4 is 11.0 Å². The SMILES string of the molecule is Oc1ccccc1-c1noc2cccc(O)c12. The molecule has 0 aliphatic carbocycles. The minimum absolute atomic E-state index is 0.0852. The van der Waals surface area contributed by atoms with Gasteiger partial charge in [-0.15, -0.1) is 0 Å². The van der Waals surface area contributed by atoms with Crippen molar-refractivity contribution in [2.45, 2.75) is 0 Å². The second kappa shape index (κ2) is 3.52. The number of rotatable bonds is 1. The van der Waals surface area contributed by atoms with Crippen molar-refractivity contribution in [3.63, 3.8) is 0 Å². The van der Waals surface area contributed by atoms with E-state index < -0.39 is 0 Å². The van der Waals surface area contributed by atoms with E-state index in [0.29, 0.717) is 22.2 Å². The molecule has 0 unspecified atom stereocenters. The average molecular weight is 227 g/mol. The van der Waals surface area contributed by atoms with Crippen molar-refractivity contribution in [2.24, 2.45) is 0 Å². The van der Waals surface area contributed by atoms with E-state index in [1.165, 1.54) is 0 Å². The van der Waals surface area contributed by atoms with Gasteiger partial charge in [-0.1, -0.05) is 23.4 Å². The van der Waals surface area contributed by atoms with Gasteiger partial charge in [0.1, 0.15) is 17.2 Å². The van der Waals surface area contributed by atoms with E-state index in [1.807, 2.05) is 0 Å². The number of fused-ring (bicyclic) bond motifs is 1. The first kappa shape index (κ1) is 9.72. The molecule has 0 spiro atoms. The molecule has 2 aromatic carbocycles. The highest BCUT2D eigenvalue weighted by Crippen LogP contribution is 2.37. The third-order valence-electron chi connectivity index (χ3n) is 2.64. The third kappa shape index (κ3) is 1.42. The fourth-order valence-electron chi connectivity index (χ4n) is 1.83. The van der Waals surface area contributed by atoms with E-state index in [0.717, 1.165) is 0 Å². The molecule has 0 amide bonds. The van der Waals surface area contributed by atoms with Crippen molar-refractivity contribution in [1.29, 1.82) is 0 Å². The molecule has 2 N–H and O–H groups in total. The highest BCUT2D eigenvalue weighted by molar-refractivity contribution is 5.97. The topological polar surface area (TPSA) is 66.5 Å². The molecule has 3 rings (SSSR count). The minimum atomic E-state index is 0.0852. The van der Waals surface area contributed by atoms with Gasteiger partial charge in [-0.3, -0.25) is 0 Å². The van der Waals surface area contributed by atoms with E-state index in [1.54, 1.807) is 42.5 Å². The fourth-order valence-corrected chi connectivity index (χ4v) is 1.83. The maximum Gasteiger partial charge on any atom is 0.171 e. The van der Waals surface area contributed by atoms with E-state index in [4.69, 9.17) is 4.52 Å². The lowest BCUT2D eigenvalue weighted by Crippen LogP contribution is -1.79. The molecule has 0 fully saturated rings. The number of phenols is 2. The van der Waals surface area contributed by atoms with Gasteiger partial charge < -0.3 is 14.7 Å². The van der Waals surface area contributed by atoms with Crippen LogP contribution in [0.2, 0.25) is 0 Å². The highest BCUT2D eigenvalue weighted by Gasteiger charge is 2.16. The van der Waals surface area contributed by atoms with E-state index >= 15 is 0 Å². The molecule has 0 atom stereocenters. The van der Waals surface area contributed by atoms with Crippen LogP contribution in [0.5, 0.6) is 11.5 Å². The first-order valence-electron chi connectivity index (χ1n) is 5.13. The zero-order chi connectivity index (χ0) is 11.8. The molecule has 4 heteroatoms. The summed E-state index contributed by atoms with van der Waals surface area (Å²) in [6.45, 7) is 0. The van der Waals surface area contributed by atoms with Gasteiger partial charge in [-0.25, -0.2) is 0 Å². The molecule has 0 saturated heterocycles. The zero-order valence-electron chi connectivity index (χ0n) is 8.79. The van der Waals surface area contributed by atoms with Crippen LogP contribution in [0.25, 0.3) is 22.2 Å². The molecule has 17 heavy (non-hydrogen) atoms. The number of phenolic OH excluding ortho intramolecular Hbond substituents is 2.